The molecule has 0 bridgehead atoms. The van der Waals surface area contributed by atoms with E-state index < -0.39 is 17.0 Å². The Kier molecular flexibility index (Phi) is 6.05. The quantitative estimate of drug-likeness (QED) is 0.409. The second kappa shape index (κ2) is 8.78. The number of rotatable bonds is 8. The molecule has 1 fully saturated rings. The predicted molar refractivity (Wildman–Crippen MR) is 124 cm³/mol. The van der Waals surface area contributed by atoms with Crippen molar-refractivity contribution < 1.29 is 4.79 Å². The number of benzene rings is 1. The molecule has 1 aromatic carbocycles. The molecular weight excluding hydrogens is 428 g/mol. The zero-order valence-electron chi connectivity index (χ0n) is 18.3. The van der Waals surface area contributed by atoms with Gasteiger partial charge in [-0.1, -0.05) is 43.8 Å². The lowest BCUT2D eigenvalue weighted by molar-refractivity contribution is 0.102. The minimum absolute atomic E-state index is 0.0467. The van der Waals surface area contributed by atoms with E-state index in [1.807, 2.05) is 48.7 Å². The number of nitrogens with zero attached hydrogens (tertiary/aromatic N) is 5. The van der Waals surface area contributed by atoms with Gasteiger partial charge in [-0.3, -0.25) is 23.3 Å². The van der Waals surface area contributed by atoms with Crippen molar-refractivity contribution >= 4 is 23.4 Å². The summed E-state index contributed by atoms with van der Waals surface area (Å²) >= 11 is 1.21. The van der Waals surface area contributed by atoms with E-state index in [4.69, 9.17) is 5.73 Å². The fourth-order valence-electron chi connectivity index (χ4n) is 3.59. The molecular formula is C22H26N6O3S. The Bertz CT molecular complexity index is 1270. The van der Waals surface area contributed by atoms with Crippen LogP contribution in [0.15, 0.2) is 45.1 Å². The van der Waals surface area contributed by atoms with E-state index in [0.29, 0.717) is 17.6 Å². The maximum Gasteiger partial charge on any atom is 0.332 e. The number of carbonyl (C=O) groups excluding carboxylic acids is 1. The van der Waals surface area contributed by atoms with Crippen molar-refractivity contribution in [2.24, 2.45) is 13.0 Å². The third kappa shape index (κ3) is 4.14. The molecule has 2 heterocycles. The number of hydrogen-bond donors (Lipinski definition) is 1. The highest BCUT2D eigenvalue weighted by Crippen LogP contribution is 2.41. The monoisotopic (exact) mass is 454 g/mol. The molecule has 9 nitrogen and oxygen atoms in total. The molecule has 2 aromatic heterocycles. The van der Waals surface area contributed by atoms with Gasteiger partial charge >= 0.3 is 5.69 Å². The van der Waals surface area contributed by atoms with E-state index >= 15 is 0 Å². The van der Waals surface area contributed by atoms with Gasteiger partial charge in [0.2, 0.25) is 0 Å². The van der Waals surface area contributed by atoms with Gasteiger partial charge in [0, 0.05) is 25.2 Å². The van der Waals surface area contributed by atoms with Crippen LogP contribution in [-0.2, 0) is 13.6 Å². The zero-order chi connectivity index (χ0) is 23.0. The number of Topliss-reactive ketones (excluding diaryl/α,β-unsaturated/α-hetero) is 1. The Balaban J connectivity index is 1.65. The Morgan fingerprint density at radius 3 is 2.50 bits per heavy atom. The number of para-hydroxylation sites is 1. The van der Waals surface area contributed by atoms with Crippen molar-refractivity contribution in [2.45, 2.75) is 44.3 Å². The minimum atomic E-state index is -0.679. The molecule has 2 N–H and O–H groups in total. The Morgan fingerprint density at radius 2 is 1.88 bits per heavy atom. The largest absolute Gasteiger partial charge is 0.384 e. The van der Waals surface area contributed by atoms with E-state index in [1.165, 1.54) is 23.4 Å². The fourth-order valence-corrected chi connectivity index (χ4v) is 4.42. The van der Waals surface area contributed by atoms with Gasteiger partial charge in [-0.25, -0.2) is 4.79 Å². The van der Waals surface area contributed by atoms with Gasteiger partial charge in [0.15, 0.2) is 10.9 Å². The van der Waals surface area contributed by atoms with Crippen LogP contribution >= 0.6 is 11.8 Å². The molecule has 1 saturated carbocycles. The van der Waals surface area contributed by atoms with E-state index in [0.717, 1.165) is 28.9 Å². The van der Waals surface area contributed by atoms with E-state index in [2.05, 4.69) is 10.2 Å². The van der Waals surface area contributed by atoms with Crippen molar-refractivity contribution in [2.75, 3.05) is 11.5 Å². The van der Waals surface area contributed by atoms with Gasteiger partial charge in [0.25, 0.3) is 5.56 Å². The first-order chi connectivity index (χ1) is 15.3. The highest BCUT2D eigenvalue weighted by Gasteiger charge is 2.31. The lowest BCUT2D eigenvalue weighted by Crippen LogP contribution is -2.43. The number of carbonyl (C=O) groups is 1. The van der Waals surface area contributed by atoms with Crippen LogP contribution in [0, 0.1) is 5.92 Å². The van der Waals surface area contributed by atoms with Crippen molar-refractivity contribution in [3.8, 4) is 5.69 Å². The average molecular weight is 455 g/mol. The number of ketones is 1. The van der Waals surface area contributed by atoms with Crippen LogP contribution in [0.3, 0.4) is 0 Å². The molecule has 3 aromatic rings. The summed E-state index contributed by atoms with van der Waals surface area (Å²) in [6.45, 7) is 4.18. The van der Waals surface area contributed by atoms with Crippen molar-refractivity contribution in [3.05, 3.63) is 62.6 Å². The van der Waals surface area contributed by atoms with E-state index in [1.54, 1.807) is 0 Å². The maximum atomic E-state index is 13.1. The molecule has 0 radical (unpaired) electrons. The highest BCUT2D eigenvalue weighted by molar-refractivity contribution is 7.99. The molecule has 4 rings (SSSR count). The topological polar surface area (TPSA) is 118 Å². The molecule has 0 spiro atoms. The maximum absolute atomic E-state index is 13.1. The summed E-state index contributed by atoms with van der Waals surface area (Å²) in [7, 11) is 1.36. The lowest BCUT2D eigenvalue weighted by Gasteiger charge is -2.16. The molecule has 0 aliphatic heterocycles. The van der Waals surface area contributed by atoms with Crippen molar-refractivity contribution in [1.82, 2.24) is 23.9 Å². The van der Waals surface area contributed by atoms with E-state index in [-0.39, 0.29) is 23.1 Å². The summed E-state index contributed by atoms with van der Waals surface area (Å²) in [5, 5.41) is 9.25. The first-order valence-corrected chi connectivity index (χ1v) is 11.5. The first kappa shape index (κ1) is 22.1. The first-order valence-electron chi connectivity index (χ1n) is 10.6. The summed E-state index contributed by atoms with van der Waals surface area (Å²) in [6, 6.07) is 9.75. The second-order valence-corrected chi connectivity index (χ2v) is 9.35. The third-order valence-electron chi connectivity index (χ3n) is 5.36. The van der Waals surface area contributed by atoms with Gasteiger partial charge in [0.1, 0.15) is 17.2 Å². The molecule has 1 aliphatic rings. The normalized spacial score (nSPS) is 13.6. The Morgan fingerprint density at radius 1 is 1.19 bits per heavy atom. The predicted octanol–water partition coefficient (Wildman–Crippen LogP) is 2.22. The van der Waals surface area contributed by atoms with Crippen LogP contribution in [0.1, 0.15) is 48.8 Å². The average Bonchev–Trinajstić information content (AvgIpc) is 3.53. The molecule has 1 aliphatic carbocycles. The van der Waals surface area contributed by atoms with Gasteiger partial charge in [-0.2, -0.15) is 0 Å². The highest BCUT2D eigenvalue weighted by atomic mass is 32.2. The standard InChI is InChI=1S/C22H26N6O3S/c1-13(2)11-27-18(23)17(20(30)26(3)22(27)31)16(29)12-32-21-25-24-19(14-9-10-14)28(21)15-7-5-4-6-8-15/h4-8,13-14H,9-12,23H2,1-3H3. The molecule has 0 atom stereocenters. The summed E-state index contributed by atoms with van der Waals surface area (Å²) in [6.07, 6.45) is 2.14. The van der Waals surface area contributed by atoms with Crippen molar-refractivity contribution in [1.29, 1.82) is 0 Å². The van der Waals surface area contributed by atoms with Crippen LogP contribution in [-0.4, -0.2) is 35.4 Å². The van der Waals surface area contributed by atoms with Crippen LogP contribution < -0.4 is 17.0 Å². The molecule has 0 saturated heterocycles. The second-order valence-electron chi connectivity index (χ2n) is 8.41. The summed E-state index contributed by atoms with van der Waals surface area (Å²) < 4.78 is 4.20. The van der Waals surface area contributed by atoms with E-state index in [9.17, 15) is 14.4 Å². The van der Waals surface area contributed by atoms with Gasteiger partial charge in [-0.15, -0.1) is 10.2 Å². The van der Waals surface area contributed by atoms with Gasteiger partial charge < -0.3 is 5.73 Å². The third-order valence-corrected chi connectivity index (χ3v) is 6.29. The molecule has 32 heavy (non-hydrogen) atoms. The molecule has 168 valence electrons. The van der Waals surface area contributed by atoms with Crippen molar-refractivity contribution in [3.63, 3.8) is 0 Å². The summed E-state index contributed by atoms with van der Waals surface area (Å²) in [5.41, 5.74) is 5.69. The number of nitrogen functional groups attached to an aromatic ring is 1. The summed E-state index contributed by atoms with van der Waals surface area (Å²) in [4.78, 5) is 38.3. The van der Waals surface area contributed by atoms with Crippen LogP contribution in [0.5, 0.6) is 0 Å². The number of aromatic nitrogens is 5. The smallest absolute Gasteiger partial charge is 0.332 e. The number of nitrogens with two attached hydrogens (primary N) is 1. The fraction of sp³-hybridized carbons (Fsp3) is 0.409. The minimum Gasteiger partial charge on any atom is -0.384 e. The van der Waals surface area contributed by atoms with Gasteiger partial charge in [-0.05, 0) is 30.9 Å². The zero-order valence-corrected chi connectivity index (χ0v) is 19.1. The Labute approximate surface area is 189 Å². The summed E-state index contributed by atoms with van der Waals surface area (Å²) in [5.74, 6) is 0.800. The van der Waals surface area contributed by atoms with Crippen LogP contribution in [0.4, 0.5) is 5.82 Å². The SMILES string of the molecule is CC(C)Cn1c(N)c(C(=O)CSc2nnc(C3CC3)n2-c2ccccc2)c(=O)n(C)c1=O. The molecule has 10 heteroatoms. The Hall–Kier alpha value is -3.14. The number of thioether (sulfide) groups is 1. The number of hydrogen-bond acceptors (Lipinski definition) is 7. The molecule has 0 amide bonds. The van der Waals surface area contributed by atoms with Crippen LogP contribution in [0.25, 0.3) is 5.69 Å². The lowest BCUT2D eigenvalue weighted by atomic mass is 10.2. The molecule has 0 unspecified atom stereocenters. The number of anilines is 1. The van der Waals surface area contributed by atoms with Gasteiger partial charge in [0.05, 0.1) is 5.75 Å². The van der Waals surface area contributed by atoms with Crippen LogP contribution in [0.2, 0.25) is 0 Å².